The van der Waals surface area contributed by atoms with E-state index in [1.54, 1.807) is 37.4 Å². The van der Waals surface area contributed by atoms with Gasteiger partial charge in [-0.1, -0.05) is 26.8 Å². The number of aromatic nitrogens is 3. The predicted molar refractivity (Wildman–Crippen MR) is 219 cm³/mol. The van der Waals surface area contributed by atoms with Crippen molar-refractivity contribution >= 4 is 28.7 Å². The van der Waals surface area contributed by atoms with Gasteiger partial charge in [-0.3, -0.25) is 29.3 Å². The van der Waals surface area contributed by atoms with Gasteiger partial charge in [0.15, 0.2) is 0 Å². The highest BCUT2D eigenvalue weighted by Gasteiger charge is 2.57. The molecule has 6 aliphatic heterocycles. The van der Waals surface area contributed by atoms with Gasteiger partial charge in [0.1, 0.15) is 42.7 Å². The van der Waals surface area contributed by atoms with Gasteiger partial charge in [0.05, 0.1) is 43.9 Å². The third-order valence-electron chi connectivity index (χ3n) is 13.9. The van der Waals surface area contributed by atoms with E-state index in [0.29, 0.717) is 90.4 Å². The number of amides is 2. The van der Waals surface area contributed by atoms with Gasteiger partial charge < -0.3 is 33.2 Å². The topological polar surface area (TPSA) is 163 Å². The molecule has 63 heavy (non-hydrogen) atoms. The summed E-state index contributed by atoms with van der Waals surface area (Å²) in [5, 5.41) is 5.06. The van der Waals surface area contributed by atoms with Crippen LogP contribution < -0.4 is 10.7 Å². The minimum atomic E-state index is -4.59. The third kappa shape index (κ3) is 7.40. The fourth-order valence-corrected chi connectivity index (χ4v) is 10.3. The predicted octanol–water partition coefficient (Wildman–Crippen LogP) is 5.14. The largest absolute Gasteiger partial charge is 0.464 e. The van der Waals surface area contributed by atoms with E-state index < -0.39 is 66.3 Å². The summed E-state index contributed by atoms with van der Waals surface area (Å²) in [7, 11) is 1.52. The molecule has 1 aromatic carbocycles. The maximum absolute atomic E-state index is 15.1. The first-order valence-corrected chi connectivity index (χ1v) is 21.7. The summed E-state index contributed by atoms with van der Waals surface area (Å²) < 4.78 is 74.7. The summed E-state index contributed by atoms with van der Waals surface area (Å²) in [6.45, 7) is 8.81. The molecule has 3 aromatic heterocycles. The zero-order valence-electron chi connectivity index (χ0n) is 35.9. The van der Waals surface area contributed by atoms with E-state index in [2.05, 4.69) is 20.6 Å². The molecule has 1 spiro atoms. The fourth-order valence-electron chi connectivity index (χ4n) is 10.3. The number of likely N-dealkylation sites (tertiary alicyclic amines) is 1. The van der Waals surface area contributed by atoms with Crippen molar-refractivity contribution in [3.8, 4) is 22.5 Å². The van der Waals surface area contributed by atoms with Crippen LogP contribution in [-0.2, 0) is 46.3 Å². The highest BCUT2D eigenvalue weighted by molar-refractivity contribution is 5.95. The lowest BCUT2D eigenvalue weighted by atomic mass is 9.72. The number of oxazole rings is 1. The standard InChI is InChI=1S/C45H52F3N7O8/c1-23-15-61-38(23)39(56)51-35-37(53-17-44(18-53)21-60-22-44)40-50-31(16-62-40)25-8-9-32-29(13-25)30(36(54(32)19-45(46,47)48)28-7-6-10-49-33(28)24(2)59-5)14-43(3,4)20-63-42(58)34-26-11-27(12-26)55(52-34)41(35)57/h6-10,13,16,23-24,26-27,34-35,37-38,52H,11-12,14-15,17-22H2,1-5H3,(H,51,56)/t23-,24-,26?,27?,34-,35-,37-,38+/m0/s1. The first-order chi connectivity index (χ1) is 30.0. The second-order valence-electron chi connectivity index (χ2n) is 19.4. The quantitative estimate of drug-likeness (QED) is 0.236. The molecule has 18 heteroatoms. The molecule has 5 saturated heterocycles. The van der Waals surface area contributed by atoms with Gasteiger partial charge in [-0.2, -0.15) is 13.2 Å². The van der Waals surface area contributed by atoms with Crippen molar-refractivity contribution in [2.24, 2.45) is 22.7 Å². The van der Waals surface area contributed by atoms with Crippen molar-refractivity contribution in [1.82, 2.24) is 35.2 Å². The summed E-state index contributed by atoms with van der Waals surface area (Å²) in [5.41, 5.74) is 5.49. The van der Waals surface area contributed by atoms with Crippen LogP contribution in [0.25, 0.3) is 33.4 Å². The maximum atomic E-state index is 15.1. The number of cyclic esters (lactones) is 1. The number of benzene rings is 1. The Morgan fingerprint density at radius 2 is 1.90 bits per heavy atom. The minimum absolute atomic E-state index is 0.0612. The van der Waals surface area contributed by atoms with E-state index in [9.17, 15) is 22.8 Å². The van der Waals surface area contributed by atoms with Crippen molar-refractivity contribution in [3.05, 3.63) is 59.9 Å². The molecule has 6 atom stereocenters. The van der Waals surface area contributed by atoms with Gasteiger partial charge >= 0.3 is 12.1 Å². The van der Waals surface area contributed by atoms with E-state index in [-0.39, 0.29) is 42.2 Å². The van der Waals surface area contributed by atoms with E-state index in [4.69, 9.17) is 28.3 Å². The molecule has 2 N–H and O–H groups in total. The molecular weight excluding hydrogens is 824 g/mol. The first-order valence-electron chi connectivity index (χ1n) is 21.7. The number of alkyl halides is 3. The van der Waals surface area contributed by atoms with E-state index >= 15 is 4.79 Å². The number of methoxy groups -OCH3 is 1. The van der Waals surface area contributed by atoms with Crippen LogP contribution in [0.3, 0.4) is 0 Å². The van der Waals surface area contributed by atoms with Gasteiger partial charge in [0, 0.05) is 71.2 Å². The Morgan fingerprint density at radius 3 is 2.57 bits per heavy atom. The monoisotopic (exact) mass is 875 g/mol. The Balaban J connectivity index is 1.15. The lowest BCUT2D eigenvalue weighted by Gasteiger charge is -2.58. The van der Waals surface area contributed by atoms with Crippen LogP contribution in [0.2, 0.25) is 0 Å². The maximum Gasteiger partial charge on any atom is 0.406 e. The van der Waals surface area contributed by atoms with Crippen molar-refractivity contribution in [1.29, 1.82) is 0 Å². The lowest BCUT2D eigenvalue weighted by Crippen LogP contribution is -2.74. The fraction of sp³-hybridized carbons (Fsp3) is 0.578. The average Bonchev–Trinajstić information content (AvgIpc) is 3.79. The van der Waals surface area contributed by atoms with Gasteiger partial charge in [-0.05, 0) is 61.9 Å². The Morgan fingerprint density at radius 1 is 1.13 bits per heavy atom. The molecule has 336 valence electrons. The van der Waals surface area contributed by atoms with E-state index in [1.807, 2.05) is 26.8 Å². The van der Waals surface area contributed by atoms with E-state index in [1.165, 1.54) is 22.9 Å². The number of fused-ring (bicyclic) bond motifs is 4. The van der Waals surface area contributed by atoms with Gasteiger partial charge in [-0.15, -0.1) is 0 Å². The molecule has 0 radical (unpaired) electrons. The SMILES string of the molecule is CO[C@@H](C)c1ncccc1-c1c2c3cc(ccc3n1CC(F)(F)F)-c1coc(n1)[C@@H](N1CC3(COC3)C1)[C@H](NC(=O)[C@@H]1OC[C@@H]1C)C(=O)N1N[C@H](C(=O)OCC(C)(C)C2)C2CC1C2. The lowest BCUT2D eigenvalue weighted by molar-refractivity contribution is -0.206. The van der Waals surface area contributed by atoms with Crippen molar-refractivity contribution in [2.75, 3.05) is 46.6 Å². The number of hydrazine groups is 1. The number of hydrogen-bond donors (Lipinski definition) is 2. The normalized spacial score (nSPS) is 29.5. The Hall–Kier alpha value is -4.88. The van der Waals surface area contributed by atoms with Crippen molar-refractivity contribution in [2.45, 2.75) is 96.1 Å². The van der Waals surface area contributed by atoms with Crippen molar-refractivity contribution < 1.29 is 50.9 Å². The number of ether oxygens (including phenoxy) is 4. The highest BCUT2D eigenvalue weighted by atomic mass is 19.4. The number of hydrogen-bond acceptors (Lipinski definition) is 12. The zero-order valence-corrected chi connectivity index (χ0v) is 35.9. The van der Waals surface area contributed by atoms with Gasteiger partial charge in [-0.25, -0.2) is 10.4 Å². The van der Waals surface area contributed by atoms with Crippen LogP contribution in [0, 0.1) is 22.7 Å². The number of nitrogens with one attached hydrogen (secondary N) is 2. The summed E-state index contributed by atoms with van der Waals surface area (Å²) in [6, 6.07) is 5.46. The Labute approximate surface area is 361 Å². The molecule has 15 nitrogen and oxygen atoms in total. The molecule has 1 aliphatic carbocycles. The average molecular weight is 876 g/mol. The number of carbonyl (C=O) groups excluding carboxylic acids is 3. The van der Waals surface area contributed by atoms with Crippen LogP contribution in [0.15, 0.2) is 47.2 Å². The molecule has 7 aliphatic rings. The molecular formula is C45H52F3N7O8. The van der Waals surface area contributed by atoms with Crippen LogP contribution in [0.1, 0.15) is 69.8 Å². The molecule has 6 fully saturated rings. The van der Waals surface area contributed by atoms with Crippen LogP contribution in [-0.4, -0.2) is 119 Å². The summed E-state index contributed by atoms with van der Waals surface area (Å²) in [4.78, 5) is 54.8. The van der Waals surface area contributed by atoms with Gasteiger partial charge in [0.2, 0.25) is 11.8 Å². The smallest absolute Gasteiger partial charge is 0.406 e. The molecule has 11 rings (SSSR count). The molecule has 1 saturated carbocycles. The molecule has 8 bridgehead atoms. The van der Waals surface area contributed by atoms with Crippen LogP contribution in [0.4, 0.5) is 13.2 Å². The summed E-state index contributed by atoms with van der Waals surface area (Å²) in [5.74, 6) is -1.41. The van der Waals surface area contributed by atoms with Crippen LogP contribution >= 0.6 is 0 Å². The molecule has 9 heterocycles. The third-order valence-corrected chi connectivity index (χ3v) is 13.9. The van der Waals surface area contributed by atoms with Crippen LogP contribution in [0.5, 0.6) is 0 Å². The molecule has 0 unspecified atom stereocenters. The minimum Gasteiger partial charge on any atom is -0.464 e. The highest BCUT2D eigenvalue weighted by Crippen LogP contribution is 2.47. The first kappa shape index (κ1) is 42.1. The Bertz CT molecular complexity index is 2450. The van der Waals surface area contributed by atoms with Gasteiger partial charge in [0.25, 0.3) is 5.91 Å². The van der Waals surface area contributed by atoms with E-state index in [0.717, 1.165) is 0 Å². The molecule has 2 amide bonds. The second-order valence-corrected chi connectivity index (χ2v) is 19.4. The number of esters is 1. The number of halogens is 3. The van der Waals surface area contributed by atoms with Crippen molar-refractivity contribution in [3.63, 3.8) is 0 Å². The molecule has 4 aromatic rings. The Kier molecular flexibility index (Phi) is 10.3. The second kappa shape index (κ2) is 15.4. The number of pyridine rings is 1. The summed E-state index contributed by atoms with van der Waals surface area (Å²) >= 11 is 0. The number of nitrogens with zero attached hydrogens (tertiary/aromatic N) is 5. The summed E-state index contributed by atoms with van der Waals surface area (Å²) in [6.07, 6.45) is -1.50. The number of rotatable bonds is 7. The zero-order chi connectivity index (χ0) is 44.2. The number of carbonyl (C=O) groups is 3.